The van der Waals surface area contributed by atoms with Gasteiger partial charge >= 0.3 is 0 Å². The lowest BCUT2D eigenvalue weighted by atomic mass is 10.2. The van der Waals surface area contributed by atoms with Crippen LogP contribution in [0.4, 0.5) is 11.6 Å². The minimum atomic E-state index is 0.286. The number of nitriles is 1. The second-order valence-corrected chi connectivity index (χ2v) is 8.17. The molecule has 0 unspecified atom stereocenters. The van der Waals surface area contributed by atoms with Gasteiger partial charge in [-0.1, -0.05) is 30.1 Å². The van der Waals surface area contributed by atoms with Gasteiger partial charge in [0.15, 0.2) is 0 Å². The molecule has 0 bridgehead atoms. The highest BCUT2D eigenvalue weighted by Crippen LogP contribution is 2.25. The van der Waals surface area contributed by atoms with Gasteiger partial charge in [-0.15, -0.1) is 4.99 Å². The molecule has 3 rings (SSSR count). The van der Waals surface area contributed by atoms with E-state index in [4.69, 9.17) is 28.2 Å². The van der Waals surface area contributed by atoms with Crippen molar-refractivity contribution in [3.8, 4) is 6.19 Å². The molecule has 1 aliphatic rings. The fourth-order valence-electron chi connectivity index (χ4n) is 3.37. The average Bonchev–Trinajstić information content (AvgIpc) is 2.75. The van der Waals surface area contributed by atoms with Crippen LogP contribution in [-0.4, -0.2) is 65.5 Å². The molecule has 1 aromatic heterocycles. The van der Waals surface area contributed by atoms with Crippen molar-refractivity contribution >= 4 is 40.8 Å². The van der Waals surface area contributed by atoms with E-state index in [2.05, 4.69) is 32.0 Å². The van der Waals surface area contributed by atoms with Gasteiger partial charge in [-0.2, -0.15) is 5.26 Å². The predicted molar refractivity (Wildman–Crippen MR) is 126 cm³/mol. The first-order chi connectivity index (χ1) is 14.9. The maximum absolute atomic E-state index is 9.17. The van der Waals surface area contributed by atoms with Crippen LogP contribution in [0.1, 0.15) is 18.3 Å². The number of aliphatic imine (C=N–C) groups is 1. The molecule has 0 atom stereocenters. The fraction of sp³-hybridized carbons (Fsp3) is 0.429. The zero-order valence-corrected chi connectivity index (χ0v) is 19.5. The molecule has 0 aliphatic carbocycles. The number of guanidine groups is 1. The number of piperazine rings is 1. The van der Waals surface area contributed by atoms with Gasteiger partial charge in [-0.05, 0) is 37.7 Å². The van der Waals surface area contributed by atoms with E-state index in [1.807, 2.05) is 19.2 Å². The van der Waals surface area contributed by atoms with E-state index in [-0.39, 0.29) is 5.96 Å². The molecule has 0 spiro atoms. The molecule has 31 heavy (non-hydrogen) atoms. The van der Waals surface area contributed by atoms with Crippen LogP contribution in [0.5, 0.6) is 0 Å². The van der Waals surface area contributed by atoms with Crippen molar-refractivity contribution in [1.82, 2.24) is 19.8 Å². The van der Waals surface area contributed by atoms with Crippen LogP contribution in [0, 0.1) is 18.4 Å². The summed E-state index contributed by atoms with van der Waals surface area (Å²) in [4.78, 5) is 19.7. The Kier molecular flexibility index (Phi) is 8.04. The number of aryl methyl sites for hydroxylation is 1. The van der Waals surface area contributed by atoms with Gasteiger partial charge in [-0.25, -0.2) is 9.97 Å². The summed E-state index contributed by atoms with van der Waals surface area (Å²) in [6, 6.07) is 7.10. The Morgan fingerprint density at radius 2 is 1.87 bits per heavy atom. The zero-order valence-electron chi connectivity index (χ0n) is 17.9. The molecule has 2 aromatic rings. The van der Waals surface area contributed by atoms with Crippen molar-refractivity contribution in [2.75, 3.05) is 50.0 Å². The summed E-state index contributed by atoms with van der Waals surface area (Å²) in [6.07, 6.45) is 1.83. The minimum Gasteiger partial charge on any atom is -0.325 e. The van der Waals surface area contributed by atoms with E-state index < -0.39 is 0 Å². The summed E-state index contributed by atoms with van der Waals surface area (Å²) in [5.74, 6) is 0.748. The van der Waals surface area contributed by atoms with Crippen molar-refractivity contribution < 1.29 is 0 Å². The van der Waals surface area contributed by atoms with E-state index in [9.17, 15) is 5.26 Å². The Morgan fingerprint density at radius 1 is 1.16 bits per heavy atom. The summed E-state index contributed by atoms with van der Waals surface area (Å²) < 4.78 is 0. The summed E-state index contributed by atoms with van der Waals surface area (Å²) in [7, 11) is 1.76. The number of nitrogens with one attached hydrogen (secondary N) is 1. The molecular weight excluding hydrogens is 435 g/mol. The number of nitrogens with zero attached hydrogens (tertiary/aromatic N) is 7. The molecule has 0 radical (unpaired) electrons. The average molecular weight is 461 g/mol. The standard InChI is InChI=1S/C21H26Cl2N8/c1-4-30-7-9-31(10-8-30)13-17-11-15(2)26-21(28-17)29(3)20(25-14-24)27-16-5-6-18(22)19(23)12-16/h5-6,11-12H,4,7-10,13H2,1-3H3,(H,25,27). The summed E-state index contributed by atoms with van der Waals surface area (Å²) in [6.45, 7) is 10.1. The number of likely N-dealkylation sites (N-methyl/N-ethyl adjacent to an activating group) is 1. The van der Waals surface area contributed by atoms with Crippen molar-refractivity contribution in [3.05, 3.63) is 45.7 Å². The molecule has 0 amide bonds. The van der Waals surface area contributed by atoms with Crippen molar-refractivity contribution in [3.63, 3.8) is 0 Å². The Morgan fingerprint density at radius 3 is 2.52 bits per heavy atom. The van der Waals surface area contributed by atoms with E-state index in [1.165, 1.54) is 0 Å². The van der Waals surface area contributed by atoms with Gasteiger partial charge in [-0.3, -0.25) is 9.80 Å². The molecule has 164 valence electrons. The third kappa shape index (κ3) is 6.28. The number of aromatic nitrogens is 2. The normalized spacial score (nSPS) is 15.5. The van der Waals surface area contributed by atoms with Gasteiger partial charge in [0.1, 0.15) is 0 Å². The largest absolute Gasteiger partial charge is 0.325 e. The number of benzene rings is 1. The molecule has 0 saturated carbocycles. The van der Waals surface area contributed by atoms with Crippen LogP contribution in [0.2, 0.25) is 10.0 Å². The molecule has 1 N–H and O–H groups in total. The Balaban J connectivity index is 1.77. The van der Waals surface area contributed by atoms with E-state index in [0.717, 1.165) is 50.7 Å². The molecule has 1 saturated heterocycles. The SMILES string of the molecule is CCN1CCN(Cc2cc(C)nc(N(C)/C(=N\C#N)Nc3ccc(Cl)c(Cl)c3)n2)CC1. The number of anilines is 2. The number of rotatable bonds is 5. The molecule has 10 heteroatoms. The summed E-state index contributed by atoms with van der Waals surface area (Å²) >= 11 is 12.1. The summed E-state index contributed by atoms with van der Waals surface area (Å²) in [5, 5.41) is 13.1. The van der Waals surface area contributed by atoms with Crippen molar-refractivity contribution in [1.29, 1.82) is 5.26 Å². The van der Waals surface area contributed by atoms with E-state index >= 15 is 0 Å². The number of halogens is 2. The third-order valence-electron chi connectivity index (χ3n) is 5.14. The van der Waals surface area contributed by atoms with Crippen molar-refractivity contribution in [2.24, 2.45) is 4.99 Å². The van der Waals surface area contributed by atoms with E-state index in [0.29, 0.717) is 21.7 Å². The second-order valence-electron chi connectivity index (χ2n) is 7.36. The highest BCUT2D eigenvalue weighted by molar-refractivity contribution is 6.42. The maximum atomic E-state index is 9.17. The number of hydrogen-bond acceptors (Lipinski definition) is 6. The Labute approximate surface area is 193 Å². The van der Waals surface area contributed by atoms with Crippen LogP contribution in [0.25, 0.3) is 0 Å². The lowest BCUT2D eigenvalue weighted by Crippen LogP contribution is -2.45. The molecule has 8 nitrogen and oxygen atoms in total. The smallest absolute Gasteiger partial charge is 0.232 e. The molecule has 1 aromatic carbocycles. The first-order valence-electron chi connectivity index (χ1n) is 10.1. The minimum absolute atomic E-state index is 0.286. The number of hydrogen-bond donors (Lipinski definition) is 1. The van der Waals surface area contributed by atoms with Crippen LogP contribution >= 0.6 is 23.2 Å². The van der Waals surface area contributed by atoms with Gasteiger partial charge in [0, 0.05) is 51.2 Å². The van der Waals surface area contributed by atoms with Crippen LogP contribution in [-0.2, 0) is 6.54 Å². The van der Waals surface area contributed by atoms with Crippen molar-refractivity contribution in [2.45, 2.75) is 20.4 Å². The highest BCUT2D eigenvalue weighted by atomic mass is 35.5. The molecular formula is C21H26Cl2N8. The second kappa shape index (κ2) is 10.7. The lowest BCUT2D eigenvalue weighted by Gasteiger charge is -2.33. The first-order valence-corrected chi connectivity index (χ1v) is 10.9. The van der Waals surface area contributed by atoms with Crippen LogP contribution in [0.15, 0.2) is 29.3 Å². The Bertz CT molecular complexity index is 980. The van der Waals surface area contributed by atoms with Gasteiger partial charge in [0.25, 0.3) is 0 Å². The first kappa shape index (κ1) is 23.2. The van der Waals surface area contributed by atoms with E-state index in [1.54, 1.807) is 30.1 Å². The zero-order chi connectivity index (χ0) is 22.4. The third-order valence-corrected chi connectivity index (χ3v) is 5.88. The van der Waals surface area contributed by atoms with Crippen LogP contribution < -0.4 is 10.2 Å². The molecule has 1 aliphatic heterocycles. The monoisotopic (exact) mass is 460 g/mol. The Hall–Kier alpha value is -2.44. The predicted octanol–water partition coefficient (Wildman–Crippen LogP) is 3.61. The summed E-state index contributed by atoms with van der Waals surface area (Å²) in [5.41, 5.74) is 2.44. The topological polar surface area (TPSA) is 83.7 Å². The van der Waals surface area contributed by atoms with Gasteiger partial charge < -0.3 is 10.2 Å². The van der Waals surface area contributed by atoms with Gasteiger partial charge in [0.05, 0.1) is 15.7 Å². The molecule has 2 heterocycles. The lowest BCUT2D eigenvalue weighted by molar-refractivity contribution is 0.131. The molecule has 1 fully saturated rings. The van der Waals surface area contributed by atoms with Gasteiger partial charge in [0.2, 0.25) is 18.1 Å². The van der Waals surface area contributed by atoms with Crippen LogP contribution in [0.3, 0.4) is 0 Å². The highest BCUT2D eigenvalue weighted by Gasteiger charge is 2.18. The fourth-order valence-corrected chi connectivity index (χ4v) is 3.67. The maximum Gasteiger partial charge on any atom is 0.232 e. The quantitative estimate of drug-likeness (QED) is 0.414.